The summed E-state index contributed by atoms with van der Waals surface area (Å²) in [4.78, 5) is 34.2. The quantitative estimate of drug-likeness (QED) is 0.399. The van der Waals surface area contributed by atoms with Crippen LogP contribution in [-0.2, 0) is 19.1 Å². The number of hydrogen-bond donors (Lipinski definition) is 0. The molecule has 0 aromatic rings. The third-order valence-corrected chi connectivity index (χ3v) is 2.68. The molecule has 2 atom stereocenters. The van der Waals surface area contributed by atoms with Crippen LogP contribution in [0.4, 0.5) is 0 Å². The Morgan fingerprint density at radius 2 is 2.07 bits per heavy atom. The first-order valence-electron chi connectivity index (χ1n) is 5.30. The van der Waals surface area contributed by atoms with Crippen LogP contribution in [0.1, 0.15) is 33.1 Å². The van der Waals surface area contributed by atoms with Gasteiger partial charge in [-0.3, -0.25) is 9.59 Å². The fourth-order valence-corrected chi connectivity index (χ4v) is 1.82. The second-order valence-corrected chi connectivity index (χ2v) is 3.99. The lowest BCUT2D eigenvalue weighted by Gasteiger charge is -2.22. The molecule has 1 saturated carbocycles. The van der Waals surface area contributed by atoms with Crippen LogP contribution in [0, 0.1) is 11.8 Å². The van der Waals surface area contributed by atoms with Gasteiger partial charge in [-0.25, -0.2) is 4.79 Å². The van der Waals surface area contributed by atoms with Crippen LogP contribution in [0.5, 0.6) is 0 Å². The predicted molar refractivity (Wildman–Crippen MR) is 53.2 cm³/mol. The van der Waals surface area contributed by atoms with Gasteiger partial charge in [-0.1, -0.05) is 6.92 Å². The van der Waals surface area contributed by atoms with Crippen LogP contribution in [0.15, 0.2) is 0 Å². The normalized spacial score (nSPS) is 26.1. The first-order chi connectivity index (χ1) is 7.06. The number of hydrogen-bond acceptors (Lipinski definition) is 4. The molecule has 4 nitrogen and oxygen atoms in total. The molecule has 0 N–H and O–H groups in total. The van der Waals surface area contributed by atoms with E-state index in [2.05, 4.69) is 4.74 Å². The highest BCUT2D eigenvalue weighted by molar-refractivity contribution is 6.38. The molecule has 1 aliphatic carbocycles. The maximum atomic E-state index is 11.5. The van der Waals surface area contributed by atoms with Crippen molar-refractivity contribution in [1.29, 1.82) is 0 Å². The van der Waals surface area contributed by atoms with Crippen molar-refractivity contribution in [1.82, 2.24) is 0 Å². The molecule has 0 aromatic carbocycles. The van der Waals surface area contributed by atoms with Crippen LogP contribution in [-0.4, -0.2) is 24.1 Å². The lowest BCUT2D eigenvalue weighted by Crippen LogP contribution is -2.35. The third-order valence-electron chi connectivity index (χ3n) is 2.68. The number of rotatable bonds is 3. The van der Waals surface area contributed by atoms with Crippen molar-refractivity contribution in [2.24, 2.45) is 11.8 Å². The average molecular weight is 212 g/mol. The van der Waals surface area contributed by atoms with Crippen molar-refractivity contribution in [3.63, 3.8) is 0 Å². The molecule has 0 heterocycles. The van der Waals surface area contributed by atoms with Crippen molar-refractivity contribution >= 4 is 17.5 Å². The first-order valence-corrected chi connectivity index (χ1v) is 5.30. The van der Waals surface area contributed by atoms with Crippen molar-refractivity contribution in [2.75, 3.05) is 6.61 Å². The van der Waals surface area contributed by atoms with Gasteiger partial charge in [0, 0.05) is 6.42 Å². The van der Waals surface area contributed by atoms with Crippen LogP contribution in [0.25, 0.3) is 0 Å². The van der Waals surface area contributed by atoms with Crippen LogP contribution < -0.4 is 0 Å². The summed E-state index contributed by atoms with van der Waals surface area (Å²) in [5, 5.41) is 0. The molecule has 0 bridgehead atoms. The number of ether oxygens (including phenoxy) is 1. The van der Waals surface area contributed by atoms with Gasteiger partial charge in [0.25, 0.3) is 0 Å². The van der Waals surface area contributed by atoms with Gasteiger partial charge < -0.3 is 4.74 Å². The van der Waals surface area contributed by atoms with E-state index in [1.54, 1.807) is 6.92 Å². The summed E-state index contributed by atoms with van der Waals surface area (Å²) in [5.74, 6) is -2.09. The second kappa shape index (κ2) is 5.05. The average Bonchev–Trinajstić information content (AvgIpc) is 2.17. The number of Topliss-reactive ketones (excluding diaryl/α,β-unsaturated/α-hetero) is 2. The Morgan fingerprint density at radius 3 is 2.60 bits per heavy atom. The minimum absolute atomic E-state index is 0.119. The Kier molecular flexibility index (Phi) is 4.00. The fourth-order valence-electron chi connectivity index (χ4n) is 1.82. The summed E-state index contributed by atoms with van der Waals surface area (Å²) in [7, 11) is 0. The van der Waals surface area contributed by atoms with E-state index in [0.717, 1.165) is 6.42 Å². The van der Waals surface area contributed by atoms with Crippen molar-refractivity contribution in [2.45, 2.75) is 33.1 Å². The second-order valence-electron chi connectivity index (χ2n) is 3.99. The maximum absolute atomic E-state index is 11.5. The number of carbonyl (C=O) groups excluding carboxylic acids is 3. The van der Waals surface area contributed by atoms with Gasteiger partial charge in [0.1, 0.15) is 5.78 Å². The zero-order chi connectivity index (χ0) is 11.4. The van der Waals surface area contributed by atoms with Gasteiger partial charge in [-0.2, -0.15) is 0 Å². The van der Waals surface area contributed by atoms with Crippen LogP contribution >= 0.6 is 0 Å². The van der Waals surface area contributed by atoms with Crippen LogP contribution in [0.2, 0.25) is 0 Å². The molecule has 0 radical (unpaired) electrons. The first kappa shape index (κ1) is 11.9. The molecule has 0 aliphatic heterocycles. The summed E-state index contributed by atoms with van der Waals surface area (Å²) in [6.07, 6.45) is 1.70. The molecular formula is C11H16O4. The largest absolute Gasteiger partial charge is 0.460 e. The lowest BCUT2D eigenvalue weighted by atomic mass is 9.80. The van der Waals surface area contributed by atoms with E-state index in [9.17, 15) is 14.4 Å². The minimum Gasteiger partial charge on any atom is -0.460 e. The van der Waals surface area contributed by atoms with Crippen molar-refractivity contribution in [3.05, 3.63) is 0 Å². The van der Waals surface area contributed by atoms with E-state index in [1.807, 2.05) is 6.92 Å². The Bertz CT molecular complexity index is 282. The molecule has 1 aliphatic rings. The monoisotopic (exact) mass is 212 g/mol. The van der Waals surface area contributed by atoms with Gasteiger partial charge in [0.2, 0.25) is 5.78 Å². The molecule has 0 spiro atoms. The molecule has 84 valence electrons. The molecule has 4 heteroatoms. The number of carbonyl (C=O) groups is 3. The van der Waals surface area contributed by atoms with Gasteiger partial charge >= 0.3 is 5.97 Å². The zero-order valence-electron chi connectivity index (χ0n) is 9.12. The minimum atomic E-state index is -0.870. The fraction of sp³-hybridized carbons (Fsp3) is 0.727. The van der Waals surface area contributed by atoms with Crippen molar-refractivity contribution in [3.8, 4) is 0 Å². The third kappa shape index (κ3) is 2.88. The van der Waals surface area contributed by atoms with E-state index in [4.69, 9.17) is 0 Å². The van der Waals surface area contributed by atoms with E-state index >= 15 is 0 Å². The predicted octanol–water partition coefficient (Wildman–Crippen LogP) is 1.12. The topological polar surface area (TPSA) is 60.4 Å². The van der Waals surface area contributed by atoms with Gasteiger partial charge in [-0.15, -0.1) is 0 Å². The molecule has 1 fully saturated rings. The van der Waals surface area contributed by atoms with E-state index in [-0.39, 0.29) is 12.4 Å². The molecule has 15 heavy (non-hydrogen) atoms. The highest BCUT2D eigenvalue weighted by Gasteiger charge is 2.35. The zero-order valence-corrected chi connectivity index (χ0v) is 9.12. The Hall–Kier alpha value is -1.19. The summed E-state index contributed by atoms with van der Waals surface area (Å²) in [6.45, 7) is 3.78. The highest BCUT2D eigenvalue weighted by Crippen LogP contribution is 2.26. The standard InChI is InChI=1S/C11H16O4/c1-3-15-11(14)10(13)8-5-4-7(2)6-9(8)12/h7-8H,3-6H2,1-2H3. The Morgan fingerprint density at radius 1 is 1.40 bits per heavy atom. The summed E-state index contributed by atoms with van der Waals surface area (Å²) in [5.41, 5.74) is 0. The molecule has 2 unspecified atom stereocenters. The molecular weight excluding hydrogens is 196 g/mol. The van der Waals surface area contributed by atoms with Gasteiger partial charge in [0.15, 0.2) is 0 Å². The van der Waals surface area contributed by atoms with E-state index in [0.29, 0.717) is 18.8 Å². The molecule has 1 rings (SSSR count). The van der Waals surface area contributed by atoms with Gasteiger partial charge in [-0.05, 0) is 25.7 Å². The molecule has 0 saturated heterocycles. The molecule has 0 amide bonds. The van der Waals surface area contributed by atoms with E-state index < -0.39 is 17.7 Å². The smallest absolute Gasteiger partial charge is 0.375 e. The lowest BCUT2D eigenvalue weighted by molar-refractivity contribution is -0.157. The van der Waals surface area contributed by atoms with Gasteiger partial charge in [0.05, 0.1) is 12.5 Å². The summed E-state index contributed by atoms with van der Waals surface area (Å²) in [6, 6.07) is 0. The summed E-state index contributed by atoms with van der Waals surface area (Å²) < 4.78 is 4.59. The SMILES string of the molecule is CCOC(=O)C(=O)C1CCC(C)CC1=O. The number of esters is 1. The van der Waals surface area contributed by atoms with E-state index in [1.165, 1.54) is 0 Å². The van der Waals surface area contributed by atoms with Crippen LogP contribution in [0.3, 0.4) is 0 Å². The summed E-state index contributed by atoms with van der Waals surface area (Å²) >= 11 is 0. The Balaban J connectivity index is 2.60. The Labute approximate surface area is 89.0 Å². The maximum Gasteiger partial charge on any atom is 0.375 e. The van der Waals surface area contributed by atoms with Crippen molar-refractivity contribution < 1.29 is 19.1 Å². The molecule has 0 aromatic heterocycles. The highest BCUT2D eigenvalue weighted by atomic mass is 16.5. The number of ketones is 2.